The summed E-state index contributed by atoms with van der Waals surface area (Å²) < 4.78 is 4.14. The number of ketones is 1. The van der Waals surface area contributed by atoms with Crippen LogP contribution >= 0.6 is 68.0 Å². The molecule has 6 heterocycles. The fourth-order valence-electron chi connectivity index (χ4n) is 8.23. The third-order valence-corrected chi connectivity index (χ3v) is 18.6. The second-order valence-corrected chi connectivity index (χ2v) is 22.6. The van der Waals surface area contributed by atoms with Gasteiger partial charge in [-0.15, -0.1) is 68.0 Å². The number of benzene rings is 1. The van der Waals surface area contributed by atoms with E-state index in [4.69, 9.17) is 0 Å². The summed E-state index contributed by atoms with van der Waals surface area (Å²) in [6.45, 7) is 16.1. The molecule has 0 radical (unpaired) electrons. The minimum absolute atomic E-state index is 0.309. The number of unbranched alkanes of at least 4 members (excludes halogenated alkanes) is 4. The highest BCUT2D eigenvalue weighted by molar-refractivity contribution is 7.32. The van der Waals surface area contributed by atoms with Crippen LogP contribution in [0.2, 0.25) is 0 Å². The predicted octanol–water partition coefficient (Wildman–Crippen LogP) is 18.4. The van der Waals surface area contributed by atoms with Crippen LogP contribution < -0.4 is 0 Å². The molecule has 0 fully saturated rings. The lowest BCUT2D eigenvalue weighted by atomic mass is 9.95. The fraction of sp³-hybridized carbons (Fsp3) is 0.479. The molecule has 0 amide bonds. The average molecular weight is 843 g/mol. The lowest BCUT2D eigenvalue weighted by Crippen LogP contribution is -2.01. The molecule has 0 N–H and O–H groups in total. The van der Waals surface area contributed by atoms with Crippen LogP contribution in [-0.4, -0.2) is 5.78 Å². The Bertz CT molecular complexity index is 2250. The number of hydrogen-bond acceptors (Lipinski definition) is 7. The normalized spacial score (nSPS) is 13.2. The predicted molar refractivity (Wildman–Crippen MR) is 254 cm³/mol. The van der Waals surface area contributed by atoms with E-state index < -0.39 is 0 Å². The van der Waals surface area contributed by atoms with Crippen LogP contribution in [0.1, 0.15) is 141 Å². The molecule has 0 aliphatic heterocycles. The summed E-state index contributed by atoms with van der Waals surface area (Å²) in [5.41, 5.74) is 2.86. The van der Waals surface area contributed by atoms with Crippen molar-refractivity contribution in [3.8, 4) is 30.6 Å². The van der Waals surface area contributed by atoms with Crippen molar-refractivity contribution in [1.29, 1.82) is 0 Å². The number of hydrogen-bond donors (Lipinski definition) is 0. The Morgan fingerprint density at radius 1 is 0.564 bits per heavy atom. The maximum Gasteiger partial charge on any atom is 0.172 e. The second kappa shape index (κ2) is 18.6. The Balaban J connectivity index is 1.39. The van der Waals surface area contributed by atoms with E-state index >= 15 is 0 Å². The quantitative estimate of drug-likeness (QED) is 0.0552. The summed E-state index contributed by atoms with van der Waals surface area (Å²) in [4.78, 5) is 25.5. The molecule has 0 spiro atoms. The van der Waals surface area contributed by atoms with Crippen molar-refractivity contribution in [3.05, 3.63) is 66.9 Å². The largest absolute Gasteiger partial charge is 0.293 e. The molecule has 2 atom stereocenters. The Kier molecular flexibility index (Phi) is 13.9. The van der Waals surface area contributed by atoms with Gasteiger partial charge in [-0.2, -0.15) is 0 Å². The molecule has 7 heteroatoms. The van der Waals surface area contributed by atoms with Crippen molar-refractivity contribution in [3.63, 3.8) is 0 Å². The van der Waals surface area contributed by atoms with Gasteiger partial charge >= 0.3 is 0 Å². The summed E-state index contributed by atoms with van der Waals surface area (Å²) in [5, 5.41) is 4.08. The Morgan fingerprint density at radius 3 is 1.73 bits per heavy atom. The molecule has 6 aromatic heterocycles. The van der Waals surface area contributed by atoms with E-state index in [2.05, 4.69) is 90.9 Å². The molecule has 55 heavy (non-hydrogen) atoms. The summed E-state index contributed by atoms with van der Waals surface area (Å²) in [7, 11) is 0. The Hall–Kier alpha value is -2.13. The number of carbonyl (C=O) groups is 1. The molecule has 0 aliphatic carbocycles. The van der Waals surface area contributed by atoms with E-state index in [1.807, 2.05) is 56.7 Å². The van der Waals surface area contributed by atoms with Crippen LogP contribution in [0.25, 0.3) is 60.9 Å². The van der Waals surface area contributed by atoms with E-state index in [9.17, 15) is 4.79 Å². The molecule has 1 nitrogen and oxygen atoms in total. The first-order chi connectivity index (χ1) is 26.8. The molecular formula is C48H58OS6. The first-order valence-corrected chi connectivity index (χ1v) is 25.9. The van der Waals surface area contributed by atoms with Crippen LogP contribution in [0.4, 0.5) is 0 Å². The molecule has 0 bridgehead atoms. The van der Waals surface area contributed by atoms with E-state index in [0.29, 0.717) is 12.2 Å². The maximum atomic E-state index is 13.3. The summed E-state index contributed by atoms with van der Waals surface area (Å²) in [5.74, 6) is 1.82. The van der Waals surface area contributed by atoms with Crippen LogP contribution in [0.3, 0.4) is 0 Å². The summed E-state index contributed by atoms with van der Waals surface area (Å²) in [6, 6.07) is 16.9. The number of carbonyl (C=O) groups excluding carboxylic acids is 1. The molecular weight excluding hydrogens is 785 g/mol. The lowest BCUT2D eigenvalue weighted by Gasteiger charge is -2.13. The smallest absolute Gasteiger partial charge is 0.172 e. The van der Waals surface area contributed by atoms with Gasteiger partial charge in [0.05, 0.1) is 14.5 Å². The van der Waals surface area contributed by atoms with Crippen LogP contribution in [0.5, 0.6) is 0 Å². The number of fused-ring (bicyclic) bond motifs is 3. The third-order valence-electron chi connectivity index (χ3n) is 11.5. The highest BCUT2D eigenvalue weighted by Crippen LogP contribution is 2.55. The monoisotopic (exact) mass is 842 g/mol. The molecule has 0 saturated carbocycles. The molecule has 0 aliphatic rings. The van der Waals surface area contributed by atoms with Crippen molar-refractivity contribution in [1.82, 2.24) is 0 Å². The topological polar surface area (TPSA) is 17.1 Å². The zero-order chi connectivity index (χ0) is 38.6. The van der Waals surface area contributed by atoms with Crippen LogP contribution in [-0.2, 0) is 12.8 Å². The van der Waals surface area contributed by atoms with E-state index in [-0.39, 0.29) is 0 Å². The van der Waals surface area contributed by atoms with Crippen molar-refractivity contribution in [2.24, 2.45) is 11.8 Å². The number of thiophene rings is 6. The second-order valence-electron chi connectivity index (χ2n) is 15.7. The Morgan fingerprint density at radius 2 is 1.15 bits per heavy atom. The molecule has 0 saturated heterocycles. The molecule has 1 aromatic carbocycles. The average Bonchev–Trinajstić information content (AvgIpc) is 4.04. The van der Waals surface area contributed by atoms with Gasteiger partial charge in [-0.25, -0.2) is 0 Å². The number of rotatable bonds is 20. The number of aryl methyl sites for hydroxylation is 2. The van der Waals surface area contributed by atoms with Crippen molar-refractivity contribution in [2.75, 3.05) is 0 Å². The van der Waals surface area contributed by atoms with Crippen molar-refractivity contribution < 1.29 is 4.79 Å². The molecule has 7 rings (SSSR count). The SMILES string of the molecule is CCCCCC(=O)c1cc2c(C)sc(-c3cc4c(-c5ccc(CC(CC)CCCC)s5)c5sc(C)cc5c(-c5ccc(CC(CC)CCCC)s5)c4s3)c2s1. The van der Waals surface area contributed by atoms with Crippen molar-refractivity contribution >= 4 is 104 Å². The molecule has 2 unspecified atom stereocenters. The van der Waals surface area contributed by atoms with Gasteiger partial charge in [0.15, 0.2) is 5.78 Å². The van der Waals surface area contributed by atoms with E-state index in [0.717, 1.165) is 36.0 Å². The minimum atomic E-state index is 0.309. The van der Waals surface area contributed by atoms with Gasteiger partial charge in [0.25, 0.3) is 0 Å². The first kappa shape index (κ1) is 41.0. The van der Waals surface area contributed by atoms with Crippen LogP contribution in [0.15, 0.2) is 42.5 Å². The molecule has 7 aromatic rings. The van der Waals surface area contributed by atoms with Gasteiger partial charge in [-0.05, 0) is 87.4 Å². The van der Waals surface area contributed by atoms with E-state index in [1.165, 1.54) is 145 Å². The number of Topliss-reactive ketones (excluding diaryl/α,β-unsaturated/α-hetero) is 1. The minimum Gasteiger partial charge on any atom is -0.293 e. The van der Waals surface area contributed by atoms with Gasteiger partial charge in [0.2, 0.25) is 0 Å². The Labute approximate surface area is 353 Å². The van der Waals surface area contributed by atoms with Gasteiger partial charge in [0.1, 0.15) is 0 Å². The van der Waals surface area contributed by atoms with Gasteiger partial charge in [0, 0.05) is 77.2 Å². The van der Waals surface area contributed by atoms with Gasteiger partial charge in [-0.3, -0.25) is 4.79 Å². The zero-order valence-corrected chi connectivity index (χ0v) is 38.9. The summed E-state index contributed by atoms with van der Waals surface area (Å²) >= 11 is 11.7. The van der Waals surface area contributed by atoms with Gasteiger partial charge in [-0.1, -0.05) is 98.8 Å². The summed E-state index contributed by atoms with van der Waals surface area (Å²) in [6.07, 6.45) is 16.6. The highest BCUT2D eigenvalue weighted by atomic mass is 32.1. The van der Waals surface area contributed by atoms with Gasteiger partial charge < -0.3 is 0 Å². The lowest BCUT2D eigenvalue weighted by molar-refractivity contribution is 0.0983. The first-order valence-electron chi connectivity index (χ1n) is 21.0. The van der Waals surface area contributed by atoms with Crippen LogP contribution in [0, 0.1) is 25.7 Å². The maximum absolute atomic E-state index is 13.3. The third kappa shape index (κ3) is 8.83. The standard InChI is InChI=1S/C48H58OS6/c1-8-13-16-19-38(49)41-27-35-30(7)51-48(47(35)54-41)42-28-37-44(40-23-21-34(53-40)26-32(12-5)18-15-10-3)45-36(24-29(6)50-45)43(46(37)55-42)39-22-20-33(52-39)25-31(11-4)17-14-9-2/h20-24,27-28,31-32H,8-19,25-26H2,1-7H3. The fourth-order valence-corrected chi connectivity index (χ4v) is 15.7. The van der Waals surface area contributed by atoms with E-state index in [1.54, 1.807) is 11.3 Å². The highest BCUT2D eigenvalue weighted by Gasteiger charge is 2.26. The zero-order valence-electron chi connectivity index (χ0n) is 34.0. The molecule has 292 valence electrons. The van der Waals surface area contributed by atoms with Crippen molar-refractivity contribution in [2.45, 2.75) is 138 Å².